The maximum atomic E-state index is 5.33. The molecule has 6 nitrogen and oxygen atoms in total. The van der Waals surface area contributed by atoms with Crippen LogP contribution in [0.5, 0.6) is 5.88 Å². The van der Waals surface area contributed by atoms with Crippen molar-refractivity contribution in [3.63, 3.8) is 0 Å². The summed E-state index contributed by atoms with van der Waals surface area (Å²) in [4.78, 5) is 10.6. The van der Waals surface area contributed by atoms with Gasteiger partial charge in [-0.05, 0) is 6.92 Å². The van der Waals surface area contributed by atoms with Crippen molar-refractivity contribution >= 4 is 5.82 Å². The Morgan fingerprint density at radius 2 is 2.22 bits per heavy atom. The first-order valence-electron chi connectivity index (χ1n) is 6.50. The van der Waals surface area contributed by atoms with E-state index < -0.39 is 0 Å². The van der Waals surface area contributed by atoms with Crippen LogP contribution in [0, 0.1) is 0 Å². The summed E-state index contributed by atoms with van der Waals surface area (Å²) in [7, 11) is 0. The molecule has 18 heavy (non-hydrogen) atoms. The number of nitrogens with one attached hydrogen (secondary N) is 2. The van der Waals surface area contributed by atoms with E-state index in [1.807, 2.05) is 13.0 Å². The average molecular weight is 251 g/mol. The minimum absolute atomic E-state index is 0.622. The standard InChI is InChI=1S/C12H21N5O/c1-2-18-12-9-11(15-10-16-12)14-5-8-17-6-3-13-4-7-17/h9-10,13H,2-8H2,1H3,(H,14,15,16). The lowest BCUT2D eigenvalue weighted by Gasteiger charge is -2.27. The van der Waals surface area contributed by atoms with Gasteiger partial charge in [0.2, 0.25) is 5.88 Å². The van der Waals surface area contributed by atoms with Crippen LogP contribution in [-0.2, 0) is 0 Å². The van der Waals surface area contributed by atoms with E-state index in [4.69, 9.17) is 4.74 Å². The Labute approximate surface area is 108 Å². The van der Waals surface area contributed by atoms with Crippen molar-refractivity contribution in [2.75, 3.05) is 51.2 Å². The monoisotopic (exact) mass is 251 g/mol. The van der Waals surface area contributed by atoms with Crippen LogP contribution in [0.4, 0.5) is 5.82 Å². The lowest BCUT2D eigenvalue weighted by atomic mass is 10.3. The lowest BCUT2D eigenvalue weighted by molar-refractivity contribution is 0.249. The Hall–Kier alpha value is -1.40. The highest BCUT2D eigenvalue weighted by atomic mass is 16.5. The topological polar surface area (TPSA) is 62.3 Å². The summed E-state index contributed by atoms with van der Waals surface area (Å²) in [5.74, 6) is 1.45. The van der Waals surface area contributed by atoms with Crippen molar-refractivity contribution in [3.8, 4) is 5.88 Å². The minimum Gasteiger partial charge on any atom is -0.478 e. The van der Waals surface area contributed by atoms with Crippen LogP contribution in [-0.4, -0.2) is 60.7 Å². The molecule has 0 bridgehead atoms. The molecule has 100 valence electrons. The van der Waals surface area contributed by atoms with Crippen molar-refractivity contribution in [1.29, 1.82) is 0 Å². The molecule has 2 N–H and O–H groups in total. The van der Waals surface area contributed by atoms with Crippen molar-refractivity contribution in [1.82, 2.24) is 20.2 Å². The van der Waals surface area contributed by atoms with Gasteiger partial charge in [0.05, 0.1) is 6.61 Å². The number of hydrogen-bond donors (Lipinski definition) is 2. The third-order valence-electron chi connectivity index (χ3n) is 2.88. The van der Waals surface area contributed by atoms with E-state index in [1.165, 1.54) is 6.33 Å². The van der Waals surface area contributed by atoms with Crippen LogP contribution in [0.1, 0.15) is 6.92 Å². The van der Waals surface area contributed by atoms with E-state index in [1.54, 1.807) is 0 Å². The fraction of sp³-hybridized carbons (Fsp3) is 0.667. The minimum atomic E-state index is 0.622. The van der Waals surface area contributed by atoms with E-state index in [-0.39, 0.29) is 0 Å². The SMILES string of the molecule is CCOc1cc(NCCN2CCNCC2)ncn1. The summed E-state index contributed by atoms with van der Waals surface area (Å²) in [5.41, 5.74) is 0. The molecule has 0 radical (unpaired) electrons. The summed E-state index contributed by atoms with van der Waals surface area (Å²) < 4.78 is 5.33. The number of aromatic nitrogens is 2. The van der Waals surface area contributed by atoms with Crippen LogP contribution in [0.2, 0.25) is 0 Å². The molecule has 1 aliphatic rings. The van der Waals surface area contributed by atoms with Gasteiger partial charge in [0.25, 0.3) is 0 Å². The number of nitrogens with zero attached hydrogens (tertiary/aromatic N) is 3. The molecule has 1 aromatic heterocycles. The molecule has 1 fully saturated rings. The summed E-state index contributed by atoms with van der Waals surface area (Å²) in [6.07, 6.45) is 1.53. The molecule has 1 saturated heterocycles. The van der Waals surface area contributed by atoms with Gasteiger partial charge in [-0.25, -0.2) is 9.97 Å². The van der Waals surface area contributed by atoms with Crippen molar-refractivity contribution in [2.45, 2.75) is 6.92 Å². The van der Waals surface area contributed by atoms with Crippen molar-refractivity contribution in [3.05, 3.63) is 12.4 Å². The van der Waals surface area contributed by atoms with Gasteiger partial charge < -0.3 is 15.4 Å². The second-order valence-corrected chi connectivity index (χ2v) is 4.19. The second-order valence-electron chi connectivity index (χ2n) is 4.19. The largest absolute Gasteiger partial charge is 0.478 e. The molecule has 0 spiro atoms. The van der Waals surface area contributed by atoms with Gasteiger partial charge in [-0.3, -0.25) is 4.90 Å². The van der Waals surface area contributed by atoms with Crippen molar-refractivity contribution < 1.29 is 4.74 Å². The van der Waals surface area contributed by atoms with Gasteiger partial charge in [-0.15, -0.1) is 0 Å². The number of rotatable bonds is 6. The van der Waals surface area contributed by atoms with Crippen molar-refractivity contribution in [2.24, 2.45) is 0 Å². The molecule has 6 heteroatoms. The zero-order chi connectivity index (χ0) is 12.6. The van der Waals surface area contributed by atoms with E-state index >= 15 is 0 Å². The predicted octanol–water partition coefficient (Wildman–Crippen LogP) is 0.192. The summed E-state index contributed by atoms with van der Waals surface area (Å²) in [6.45, 7) is 8.91. The van der Waals surface area contributed by atoms with E-state index in [0.717, 1.165) is 45.1 Å². The molecule has 2 rings (SSSR count). The van der Waals surface area contributed by atoms with Gasteiger partial charge in [0, 0.05) is 45.3 Å². The molecule has 0 amide bonds. The number of piperazine rings is 1. The third kappa shape index (κ3) is 4.12. The molecule has 0 aliphatic carbocycles. The highest BCUT2D eigenvalue weighted by Crippen LogP contribution is 2.10. The van der Waals surface area contributed by atoms with E-state index in [2.05, 4.69) is 25.5 Å². The average Bonchev–Trinajstić information content (AvgIpc) is 2.41. The van der Waals surface area contributed by atoms with Crippen LogP contribution in [0.15, 0.2) is 12.4 Å². The van der Waals surface area contributed by atoms with Crippen LogP contribution < -0.4 is 15.4 Å². The maximum absolute atomic E-state index is 5.33. The van der Waals surface area contributed by atoms with E-state index in [9.17, 15) is 0 Å². The molecular weight excluding hydrogens is 230 g/mol. The van der Waals surface area contributed by atoms with Gasteiger partial charge in [-0.2, -0.15) is 0 Å². The Kier molecular flexibility index (Phi) is 5.16. The Bertz CT molecular complexity index is 354. The summed E-state index contributed by atoms with van der Waals surface area (Å²) in [6, 6.07) is 1.83. The second kappa shape index (κ2) is 7.13. The number of hydrogen-bond acceptors (Lipinski definition) is 6. The van der Waals surface area contributed by atoms with Crippen LogP contribution in [0.3, 0.4) is 0 Å². The molecule has 0 saturated carbocycles. The normalized spacial score (nSPS) is 16.5. The molecule has 2 heterocycles. The number of ether oxygens (including phenoxy) is 1. The van der Waals surface area contributed by atoms with Gasteiger partial charge in [-0.1, -0.05) is 0 Å². The smallest absolute Gasteiger partial charge is 0.218 e. The molecule has 1 aliphatic heterocycles. The van der Waals surface area contributed by atoms with E-state index in [0.29, 0.717) is 12.5 Å². The Balaban J connectivity index is 1.73. The fourth-order valence-electron chi connectivity index (χ4n) is 1.94. The third-order valence-corrected chi connectivity index (χ3v) is 2.88. The quantitative estimate of drug-likeness (QED) is 0.753. The first kappa shape index (κ1) is 13.0. The molecule has 1 aromatic rings. The van der Waals surface area contributed by atoms with Crippen LogP contribution >= 0.6 is 0 Å². The number of anilines is 1. The maximum Gasteiger partial charge on any atom is 0.218 e. The summed E-state index contributed by atoms with van der Waals surface area (Å²) >= 11 is 0. The van der Waals surface area contributed by atoms with Gasteiger partial charge >= 0.3 is 0 Å². The predicted molar refractivity (Wildman–Crippen MR) is 71.0 cm³/mol. The molecule has 0 aromatic carbocycles. The van der Waals surface area contributed by atoms with Gasteiger partial charge in [0.1, 0.15) is 12.1 Å². The highest BCUT2D eigenvalue weighted by molar-refractivity contribution is 5.36. The Morgan fingerprint density at radius 3 is 3.00 bits per heavy atom. The molecule has 0 unspecified atom stereocenters. The summed E-state index contributed by atoms with van der Waals surface area (Å²) in [5, 5.41) is 6.64. The van der Waals surface area contributed by atoms with Gasteiger partial charge in [0.15, 0.2) is 0 Å². The Morgan fingerprint density at radius 1 is 1.39 bits per heavy atom. The lowest BCUT2D eigenvalue weighted by Crippen LogP contribution is -2.45. The van der Waals surface area contributed by atoms with Crippen LogP contribution in [0.25, 0.3) is 0 Å². The zero-order valence-electron chi connectivity index (χ0n) is 10.9. The molecule has 0 atom stereocenters. The fourth-order valence-corrected chi connectivity index (χ4v) is 1.94. The highest BCUT2D eigenvalue weighted by Gasteiger charge is 2.08. The zero-order valence-corrected chi connectivity index (χ0v) is 10.9. The first-order chi connectivity index (χ1) is 8.88. The first-order valence-corrected chi connectivity index (χ1v) is 6.50. The molecular formula is C12H21N5O.